The van der Waals surface area contributed by atoms with Crippen LogP contribution in [0.3, 0.4) is 0 Å². The molecule has 3 aromatic carbocycles. The fourth-order valence-corrected chi connectivity index (χ4v) is 7.23. The van der Waals surface area contributed by atoms with Crippen LogP contribution >= 0.6 is 23.2 Å². The standard InChI is InChI=1S/C33H39Cl2N3O7S/c1-22(33(40)36-25-11-6-5-7-12-25)37(20-23-10-8-9-13-27(23)35)32(39)21-38(28-18-24(34)14-16-29(28)43-2)46(41,42)26-15-17-30(44-3)31(19-26)45-4/h8-10,13-19,22,25H,5-7,11-12,20-21H2,1-4H3,(H,36,40)/t22-/m0/s1. The number of hydrogen-bond acceptors (Lipinski definition) is 7. The van der Waals surface area contributed by atoms with Crippen molar-refractivity contribution in [1.82, 2.24) is 10.2 Å². The molecule has 3 aromatic rings. The summed E-state index contributed by atoms with van der Waals surface area (Å²) in [6.07, 6.45) is 4.89. The Morgan fingerprint density at radius 3 is 2.20 bits per heavy atom. The molecule has 0 aromatic heterocycles. The van der Waals surface area contributed by atoms with Crippen LogP contribution in [0.1, 0.15) is 44.6 Å². The maximum absolute atomic E-state index is 14.4. The number of carbonyl (C=O) groups excluding carboxylic acids is 2. The molecule has 0 unspecified atom stereocenters. The van der Waals surface area contributed by atoms with E-state index in [0.717, 1.165) is 36.4 Å². The summed E-state index contributed by atoms with van der Waals surface area (Å²) in [6, 6.07) is 14.7. The van der Waals surface area contributed by atoms with Gasteiger partial charge in [-0.25, -0.2) is 8.42 Å². The summed E-state index contributed by atoms with van der Waals surface area (Å²) in [4.78, 5) is 29.1. The zero-order valence-corrected chi connectivity index (χ0v) is 28.6. The number of halogens is 2. The van der Waals surface area contributed by atoms with Gasteiger partial charge in [0.1, 0.15) is 18.3 Å². The van der Waals surface area contributed by atoms with Crippen molar-refractivity contribution in [3.63, 3.8) is 0 Å². The number of ether oxygens (including phenoxy) is 3. The second-order valence-corrected chi connectivity index (χ2v) is 13.7. The van der Waals surface area contributed by atoms with Crippen molar-refractivity contribution in [1.29, 1.82) is 0 Å². The van der Waals surface area contributed by atoms with E-state index in [1.165, 1.54) is 56.6 Å². The van der Waals surface area contributed by atoms with Crippen LogP contribution in [0.25, 0.3) is 0 Å². The Bertz CT molecular complexity index is 1650. The molecule has 1 saturated carbocycles. The molecule has 0 radical (unpaired) electrons. The molecule has 0 aliphatic heterocycles. The van der Waals surface area contributed by atoms with E-state index >= 15 is 0 Å². The van der Waals surface area contributed by atoms with Crippen molar-refractivity contribution >= 4 is 50.7 Å². The van der Waals surface area contributed by atoms with Crippen molar-refractivity contribution < 1.29 is 32.2 Å². The van der Waals surface area contributed by atoms with Crippen LogP contribution in [-0.2, 0) is 26.2 Å². The van der Waals surface area contributed by atoms with Gasteiger partial charge in [-0.05, 0) is 61.7 Å². The molecule has 1 aliphatic carbocycles. The fourth-order valence-electron chi connectivity index (χ4n) is 5.44. The van der Waals surface area contributed by atoms with Gasteiger partial charge in [0.2, 0.25) is 11.8 Å². The highest BCUT2D eigenvalue weighted by molar-refractivity contribution is 7.92. The lowest BCUT2D eigenvalue weighted by Gasteiger charge is -2.33. The number of methoxy groups -OCH3 is 3. The molecule has 2 amide bonds. The summed E-state index contributed by atoms with van der Waals surface area (Å²) in [7, 11) is -0.240. The molecule has 4 rings (SSSR count). The first-order valence-corrected chi connectivity index (χ1v) is 17.1. The van der Waals surface area contributed by atoms with Crippen molar-refractivity contribution in [2.45, 2.75) is 62.6 Å². The van der Waals surface area contributed by atoms with Crippen LogP contribution in [0.5, 0.6) is 17.2 Å². The van der Waals surface area contributed by atoms with Crippen LogP contribution in [-0.4, -0.2) is 65.1 Å². The minimum atomic E-state index is -4.45. The van der Waals surface area contributed by atoms with E-state index in [1.807, 2.05) is 0 Å². The van der Waals surface area contributed by atoms with Crippen LogP contribution in [0.2, 0.25) is 10.0 Å². The molecule has 0 bridgehead atoms. The highest BCUT2D eigenvalue weighted by atomic mass is 35.5. The van der Waals surface area contributed by atoms with Gasteiger partial charge < -0.3 is 24.4 Å². The summed E-state index contributed by atoms with van der Waals surface area (Å²) >= 11 is 12.8. The van der Waals surface area contributed by atoms with E-state index in [1.54, 1.807) is 37.3 Å². The highest BCUT2D eigenvalue weighted by Gasteiger charge is 2.35. The Morgan fingerprint density at radius 1 is 0.891 bits per heavy atom. The zero-order chi connectivity index (χ0) is 33.4. The number of nitrogens with one attached hydrogen (secondary N) is 1. The second-order valence-electron chi connectivity index (χ2n) is 11.0. The maximum Gasteiger partial charge on any atom is 0.265 e. The lowest BCUT2D eigenvalue weighted by Crippen LogP contribution is -2.53. The summed E-state index contributed by atoms with van der Waals surface area (Å²) in [6.45, 7) is 0.910. The third-order valence-corrected chi connectivity index (χ3v) is 10.4. The normalized spacial score (nSPS) is 14.2. The van der Waals surface area contributed by atoms with Crippen molar-refractivity contribution in [2.24, 2.45) is 0 Å². The van der Waals surface area contributed by atoms with Crippen molar-refractivity contribution in [2.75, 3.05) is 32.2 Å². The average molecular weight is 693 g/mol. The number of benzene rings is 3. The number of rotatable bonds is 13. The van der Waals surface area contributed by atoms with Crippen molar-refractivity contribution in [3.05, 3.63) is 76.3 Å². The first kappa shape index (κ1) is 35.2. The quantitative estimate of drug-likeness (QED) is 0.231. The van der Waals surface area contributed by atoms with E-state index in [4.69, 9.17) is 37.4 Å². The van der Waals surface area contributed by atoms with Gasteiger partial charge in [-0.15, -0.1) is 0 Å². The third kappa shape index (κ3) is 8.18. The molecular formula is C33H39Cl2N3O7S. The molecule has 1 N–H and O–H groups in total. The Labute approximate surface area is 280 Å². The largest absolute Gasteiger partial charge is 0.495 e. The Hall–Kier alpha value is -3.67. The summed E-state index contributed by atoms with van der Waals surface area (Å²) in [5.74, 6) is -0.296. The fraction of sp³-hybridized carbons (Fsp3) is 0.394. The predicted molar refractivity (Wildman–Crippen MR) is 179 cm³/mol. The van der Waals surface area contributed by atoms with Gasteiger partial charge in [-0.1, -0.05) is 60.7 Å². The van der Waals surface area contributed by atoms with Gasteiger partial charge >= 0.3 is 0 Å². The first-order valence-electron chi connectivity index (χ1n) is 14.9. The molecule has 13 heteroatoms. The average Bonchev–Trinajstić information content (AvgIpc) is 3.06. The van der Waals surface area contributed by atoms with Gasteiger partial charge in [0.25, 0.3) is 10.0 Å². The maximum atomic E-state index is 14.4. The van der Waals surface area contributed by atoms with Gasteiger partial charge in [-0.3, -0.25) is 13.9 Å². The smallest absolute Gasteiger partial charge is 0.265 e. The summed E-state index contributed by atoms with van der Waals surface area (Å²) < 4.78 is 45.8. The first-order chi connectivity index (χ1) is 22.0. The molecule has 10 nitrogen and oxygen atoms in total. The van der Waals surface area contributed by atoms with E-state index in [0.29, 0.717) is 16.3 Å². The SMILES string of the molecule is COc1ccc(S(=O)(=O)N(CC(=O)N(Cc2ccccc2Cl)[C@@H](C)C(=O)NC2CCCCC2)c2cc(Cl)ccc2OC)cc1OC. The molecule has 1 aliphatic rings. The zero-order valence-electron chi connectivity index (χ0n) is 26.3. The monoisotopic (exact) mass is 691 g/mol. The topological polar surface area (TPSA) is 114 Å². The van der Waals surface area contributed by atoms with Crippen LogP contribution in [0.4, 0.5) is 5.69 Å². The van der Waals surface area contributed by atoms with Gasteiger partial charge in [0, 0.05) is 28.7 Å². The molecule has 46 heavy (non-hydrogen) atoms. The third-order valence-electron chi connectivity index (χ3n) is 8.05. The van der Waals surface area contributed by atoms with Crippen LogP contribution in [0.15, 0.2) is 65.6 Å². The Morgan fingerprint density at radius 2 is 1.54 bits per heavy atom. The summed E-state index contributed by atoms with van der Waals surface area (Å²) in [5.41, 5.74) is 0.639. The van der Waals surface area contributed by atoms with E-state index in [2.05, 4.69) is 5.32 Å². The number of carbonyl (C=O) groups is 2. The van der Waals surface area contributed by atoms with Crippen LogP contribution < -0.4 is 23.8 Å². The lowest BCUT2D eigenvalue weighted by atomic mass is 9.95. The molecule has 0 saturated heterocycles. The van der Waals surface area contributed by atoms with E-state index in [-0.39, 0.29) is 45.6 Å². The van der Waals surface area contributed by atoms with E-state index in [9.17, 15) is 18.0 Å². The molecule has 1 fully saturated rings. The highest BCUT2D eigenvalue weighted by Crippen LogP contribution is 2.37. The van der Waals surface area contributed by atoms with E-state index < -0.39 is 28.5 Å². The number of anilines is 1. The molecular weight excluding hydrogens is 653 g/mol. The number of amides is 2. The number of hydrogen-bond donors (Lipinski definition) is 1. The minimum Gasteiger partial charge on any atom is -0.495 e. The van der Waals surface area contributed by atoms with Crippen molar-refractivity contribution in [3.8, 4) is 17.2 Å². The molecule has 0 heterocycles. The van der Waals surface area contributed by atoms with Gasteiger partial charge in [-0.2, -0.15) is 0 Å². The molecule has 248 valence electrons. The molecule has 1 atom stereocenters. The van der Waals surface area contributed by atoms with Gasteiger partial charge in [0.05, 0.1) is 31.9 Å². The minimum absolute atomic E-state index is 0.0126. The predicted octanol–water partition coefficient (Wildman–Crippen LogP) is 6.08. The lowest BCUT2D eigenvalue weighted by molar-refractivity contribution is -0.139. The van der Waals surface area contributed by atoms with Gasteiger partial charge in [0.15, 0.2) is 11.5 Å². The second kappa shape index (κ2) is 15.8. The number of nitrogens with zero attached hydrogens (tertiary/aromatic N) is 2. The Kier molecular flexibility index (Phi) is 12.0. The Balaban J connectivity index is 1.77. The summed E-state index contributed by atoms with van der Waals surface area (Å²) in [5, 5.41) is 3.72. The molecule has 0 spiro atoms. The number of sulfonamides is 1. The van der Waals surface area contributed by atoms with Crippen LogP contribution in [0, 0.1) is 0 Å².